The van der Waals surface area contributed by atoms with Gasteiger partial charge in [-0.3, -0.25) is 9.69 Å². The molecule has 1 aliphatic carbocycles. The fourth-order valence-electron chi connectivity index (χ4n) is 7.49. The minimum absolute atomic E-state index is 0.0570. The Morgan fingerprint density at radius 2 is 2.23 bits per heavy atom. The van der Waals surface area contributed by atoms with E-state index in [0.29, 0.717) is 6.04 Å². The van der Waals surface area contributed by atoms with Crippen LogP contribution >= 0.6 is 0 Å². The summed E-state index contributed by atoms with van der Waals surface area (Å²) >= 11 is 0. The summed E-state index contributed by atoms with van der Waals surface area (Å²) in [7, 11) is 1.46. The zero-order chi connectivity index (χ0) is 17.8. The molecule has 136 valence electrons. The number of methoxy groups -OCH3 is 1. The zero-order valence-corrected chi connectivity index (χ0v) is 15.1. The molecule has 5 fully saturated rings. The van der Waals surface area contributed by atoms with Crippen molar-refractivity contribution in [3.63, 3.8) is 0 Å². The van der Waals surface area contributed by atoms with Gasteiger partial charge in [-0.05, 0) is 31.4 Å². The monoisotopic (exact) mass is 352 g/mol. The van der Waals surface area contributed by atoms with E-state index in [1.165, 1.54) is 18.2 Å². The van der Waals surface area contributed by atoms with Crippen LogP contribution in [0.2, 0.25) is 0 Å². The average Bonchev–Trinajstić information content (AvgIpc) is 3.13. The average molecular weight is 352 g/mol. The van der Waals surface area contributed by atoms with Gasteiger partial charge in [-0.25, -0.2) is 0 Å². The van der Waals surface area contributed by atoms with Crippen molar-refractivity contribution in [2.75, 3.05) is 19.0 Å². The number of benzene rings is 1. The number of nitrogens with zero attached hydrogens (tertiary/aromatic N) is 1. The maximum Gasteiger partial charge on any atom is 0.316 e. The summed E-state index contributed by atoms with van der Waals surface area (Å²) in [5.41, 5.74) is 2.34. The van der Waals surface area contributed by atoms with Gasteiger partial charge in [0, 0.05) is 35.6 Å². The molecule has 0 radical (unpaired) electrons. The van der Waals surface area contributed by atoms with Crippen LogP contribution in [-0.4, -0.2) is 53.9 Å². The predicted molar refractivity (Wildman–Crippen MR) is 96.7 cm³/mol. The largest absolute Gasteiger partial charge is 0.468 e. The van der Waals surface area contributed by atoms with E-state index in [-0.39, 0.29) is 24.0 Å². The highest BCUT2D eigenvalue weighted by atomic mass is 16.5. The number of hydrogen-bond donors (Lipinski definition) is 2. The minimum Gasteiger partial charge on any atom is -0.468 e. The second-order valence-corrected chi connectivity index (χ2v) is 8.65. The Bertz CT molecular complexity index is 867. The van der Waals surface area contributed by atoms with Gasteiger partial charge in [0.1, 0.15) is 5.41 Å². The Hall–Kier alpha value is -1.85. The first-order valence-corrected chi connectivity index (χ1v) is 9.64. The molecule has 5 heterocycles. The third kappa shape index (κ3) is 1.28. The molecule has 5 nitrogen and oxygen atoms in total. The number of hydrogen-bond acceptors (Lipinski definition) is 5. The highest BCUT2D eigenvalue weighted by Gasteiger charge is 2.82. The molecule has 6 aliphatic rings. The standard InChI is InChI=1S/C21H24N2O3/c1-3-11-10-23-15-8-13(11)21(19(25)26-2)16(23)9-20(18(21)24)12-6-4-5-7-14(12)22-17(15)20/h3-7,13,15-18,22,24H,8-10H2,1-2H3/b11-3-/t13?,15-,16+,17?,18-,20?,21?/m0/s1. The molecule has 8 atom stereocenters. The van der Waals surface area contributed by atoms with E-state index in [2.05, 4.69) is 35.3 Å². The van der Waals surface area contributed by atoms with Crippen molar-refractivity contribution in [1.29, 1.82) is 0 Å². The van der Waals surface area contributed by atoms with Gasteiger partial charge in [-0.2, -0.15) is 0 Å². The molecular formula is C21H24N2O3. The van der Waals surface area contributed by atoms with E-state index >= 15 is 0 Å². The van der Waals surface area contributed by atoms with Gasteiger partial charge in [0.05, 0.1) is 19.3 Å². The van der Waals surface area contributed by atoms with E-state index in [0.717, 1.165) is 25.1 Å². The van der Waals surface area contributed by atoms with Gasteiger partial charge in [-0.15, -0.1) is 0 Å². The van der Waals surface area contributed by atoms with Crippen molar-refractivity contribution in [3.05, 3.63) is 41.5 Å². The molecule has 26 heavy (non-hydrogen) atoms. The number of esters is 1. The summed E-state index contributed by atoms with van der Waals surface area (Å²) in [5.74, 6) is -0.154. The minimum atomic E-state index is -0.848. The Kier molecular flexibility index (Phi) is 2.65. The lowest BCUT2D eigenvalue weighted by atomic mass is 9.58. The summed E-state index contributed by atoms with van der Waals surface area (Å²) < 4.78 is 5.34. The lowest BCUT2D eigenvalue weighted by molar-refractivity contribution is -0.179. The molecule has 1 saturated carbocycles. The van der Waals surface area contributed by atoms with Gasteiger partial charge >= 0.3 is 5.97 Å². The Balaban J connectivity index is 1.65. The zero-order valence-electron chi connectivity index (χ0n) is 15.1. The number of carbonyl (C=O) groups is 1. The maximum absolute atomic E-state index is 13.2. The van der Waals surface area contributed by atoms with Crippen LogP contribution in [0.1, 0.15) is 25.3 Å². The van der Waals surface area contributed by atoms with E-state index in [1.807, 2.05) is 12.1 Å². The molecule has 1 aromatic carbocycles. The molecule has 1 spiro atoms. The number of aliphatic hydroxyl groups excluding tert-OH is 1. The molecule has 5 unspecified atom stereocenters. The van der Waals surface area contributed by atoms with Gasteiger partial charge < -0.3 is 15.2 Å². The SMILES string of the molecule is C/C=C1/CN2[C@H]3CC1C1(C(=O)OC)[C@H]2CC2(c4ccccc4NC32)[C@@H]1O. The second-order valence-electron chi connectivity index (χ2n) is 8.65. The number of carbonyl (C=O) groups excluding carboxylic acids is 1. The van der Waals surface area contributed by atoms with Gasteiger partial charge in [0.2, 0.25) is 0 Å². The fraction of sp³-hybridized carbons (Fsp3) is 0.571. The van der Waals surface area contributed by atoms with Crippen LogP contribution < -0.4 is 5.32 Å². The normalized spacial score (nSPS) is 50.5. The molecule has 0 amide bonds. The molecule has 7 rings (SSSR count). The van der Waals surface area contributed by atoms with Crippen molar-refractivity contribution in [2.45, 2.75) is 49.4 Å². The molecular weight excluding hydrogens is 328 g/mol. The molecule has 2 N–H and O–H groups in total. The van der Waals surface area contributed by atoms with Crippen LogP contribution in [0.15, 0.2) is 35.9 Å². The summed E-state index contributed by atoms with van der Waals surface area (Å²) in [4.78, 5) is 15.7. The number of fused-ring (bicyclic) bond motifs is 2. The number of anilines is 1. The molecule has 5 heteroatoms. The van der Waals surface area contributed by atoms with E-state index in [9.17, 15) is 9.90 Å². The van der Waals surface area contributed by atoms with Crippen LogP contribution in [0, 0.1) is 11.3 Å². The Morgan fingerprint density at radius 3 is 3.00 bits per heavy atom. The second kappa shape index (κ2) is 4.52. The number of allylic oxidation sites excluding steroid dienone is 1. The number of rotatable bonds is 1. The lowest BCUT2D eigenvalue weighted by Gasteiger charge is -2.60. The first kappa shape index (κ1) is 15.2. The van der Waals surface area contributed by atoms with Crippen LogP contribution in [0.3, 0.4) is 0 Å². The fourth-order valence-corrected chi connectivity index (χ4v) is 7.49. The quantitative estimate of drug-likeness (QED) is 0.595. The van der Waals surface area contributed by atoms with Crippen LogP contribution in [-0.2, 0) is 14.9 Å². The predicted octanol–water partition coefficient (Wildman–Crippen LogP) is 1.68. The van der Waals surface area contributed by atoms with Crippen LogP contribution in [0.25, 0.3) is 0 Å². The van der Waals surface area contributed by atoms with Gasteiger partial charge in [0.25, 0.3) is 0 Å². The van der Waals surface area contributed by atoms with Crippen molar-refractivity contribution in [3.8, 4) is 0 Å². The summed E-state index contributed by atoms with van der Waals surface area (Å²) in [6.45, 7) is 2.96. The number of para-hydroxylation sites is 1. The number of aliphatic hydroxyl groups is 1. The summed E-state index contributed by atoms with van der Waals surface area (Å²) in [5, 5.41) is 15.6. The number of piperidine rings is 4. The Morgan fingerprint density at radius 1 is 1.42 bits per heavy atom. The molecule has 0 aromatic heterocycles. The molecule has 4 saturated heterocycles. The van der Waals surface area contributed by atoms with E-state index in [4.69, 9.17) is 4.74 Å². The van der Waals surface area contributed by atoms with Crippen molar-refractivity contribution in [1.82, 2.24) is 4.90 Å². The third-order valence-electron chi connectivity index (χ3n) is 8.30. The van der Waals surface area contributed by atoms with Crippen molar-refractivity contribution >= 4 is 11.7 Å². The lowest BCUT2D eigenvalue weighted by Crippen LogP contribution is -2.71. The van der Waals surface area contributed by atoms with Crippen molar-refractivity contribution in [2.24, 2.45) is 11.3 Å². The van der Waals surface area contributed by atoms with Crippen molar-refractivity contribution < 1.29 is 14.6 Å². The summed E-state index contributed by atoms with van der Waals surface area (Å²) in [6.07, 6.45) is 3.15. The van der Waals surface area contributed by atoms with Gasteiger partial charge in [0.15, 0.2) is 0 Å². The highest BCUT2D eigenvalue weighted by Crippen LogP contribution is 2.71. The molecule has 5 bridgehead atoms. The topological polar surface area (TPSA) is 61.8 Å². The van der Waals surface area contributed by atoms with E-state index < -0.39 is 16.9 Å². The van der Waals surface area contributed by atoms with Gasteiger partial charge in [-0.1, -0.05) is 29.8 Å². The van der Waals surface area contributed by atoms with E-state index in [1.54, 1.807) is 0 Å². The number of nitrogens with one attached hydrogen (secondary N) is 1. The molecule has 5 aliphatic heterocycles. The first-order chi connectivity index (χ1) is 12.6. The van der Waals surface area contributed by atoms with Crippen LogP contribution in [0.4, 0.5) is 5.69 Å². The highest BCUT2D eigenvalue weighted by molar-refractivity contribution is 5.84. The molecule has 1 aromatic rings. The number of ether oxygens (including phenoxy) is 1. The maximum atomic E-state index is 13.2. The first-order valence-electron chi connectivity index (χ1n) is 9.64. The smallest absolute Gasteiger partial charge is 0.316 e. The van der Waals surface area contributed by atoms with Crippen LogP contribution in [0.5, 0.6) is 0 Å². The summed E-state index contributed by atoms with van der Waals surface area (Å²) in [6, 6.07) is 8.89. The Labute approximate surface area is 153 Å². The third-order valence-corrected chi connectivity index (χ3v) is 8.30.